The highest BCUT2D eigenvalue weighted by molar-refractivity contribution is 5.67. The van der Waals surface area contributed by atoms with E-state index in [1.807, 2.05) is 25.8 Å². The van der Waals surface area contributed by atoms with Gasteiger partial charge in [-0.1, -0.05) is 13.8 Å². The molecule has 0 fully saturated rings. The molecule has 78 valence electrons. The first kappa shape index (κ1) is 12.4. The molecule has 0 spiro atoms. The number of carbonyl (C=O) groups is 1. The molecule has 0 aromatic carbocycles. The molecule has 0 aliphatic carbocycles. The number of carboxylic acid groups (broad SMARTS) is 1. The lowest BCUT2D eigenvalue weighted by Crippen LogP contribution is -2.39. The normalized spacial score (nSPS) is 13.7. The molecular formula is C9H19NO3. The van der Waals surface area contributed by atoms with E-state index in [1.165, 1.54) is 0 Å². The molecule has 0 aliphatic heterocycles. The fraction of sp³-hybridized carbons (Fsp3) is 0.889. The zero-order valence-electron chi connectivity index (χ0n) is 8.53. The minimum atomic E-state index is -0.788. The van der Waals surface area contributed by atoms with Crippen LogP contribution in [-0.2, 0) is 4.79 Å². The zero-order valence-corrected chi connectivity index (χ0v) is 8.53. The lowest BCUT2D eigenvalue weighted by atomic mass is 10.00. The van der Waals surface area contributed by atoms with Crippen molar-refractivity contribution in [3.8, 4) is 0 Å². The standard InChI is InChI=1S/C9H19NO3/c1-7(2)8(6-9(12)13)10(3)4-5-11/h7-8,11H,4-6H2,1-3H3,(H,12,13). The number of aliphatic carboxylic acids is 1. The number of hydrogen-bond donors (Lipinski definition) is 2. The van der Waals surface area contributed by atoms with Crippen LogP contribution in [0.1, 0.15) is 20.3 Å². The predicted molar refractivity (Wildman–Crippen MR) is 50.6 cm³/mol. The van der Waals surface area contributed by atoms with Crippen LogP contribution in [0.4, 0.5) is 0 Å². The summed E-state index contributed by atoms with van der Waals surface area (Å²) in [5.41, 5.74) is 0. The molecule has 2 N–H and O–H groups in total. The topological polar surface area (TPSA) is 60.8 Å². The highest BCUT2D eigenvalue weighted by Crippen LogP contribution is 2.12. The smallest absolute Gasteiger partial charge is 0.304 e. The molecule has 0 amide bonds. The first-order valence-corrected chi connectivity index (χ1v) is 4.52. The first-order valence-electron chi connectivity index (χ1n) is 4.52. The van der Waals surface area contributed by atoms with Crippen molar-refractivity contribution in [2.45, 2.75) is 26.3 Å². The van der Waals surface area contributed by atoms with E-state index in [-0.39, 0.29) is 25.0 Å². The summed E-state index contributed by atoms with van der Waals surface area (Å²) < 4.78 is 0. The number of hydrogen-bond acceptors (Lipinski definition) is 3. The fourth-order valence-corrected chi connectivity index (χ4v) is 1.40. The quantitative estimate of drug-likeness (QED) is 0.635. The lowest BCUT2D eigenvalue weighted by Gasteiger charge is -2.29. The van der Waals surface area contributed by atoms with Gasteiger partial charge >= 0.3 is 5.97 Å². The summed E-state index contributed by atoms with van der Waals surface area (Å²) in [5, 5.41) is 17.4. The average Bonchev–Trinajstić information content (AvgIpc) is 1.99. The Morgan fingerprint density at radius 2 is 2.00 bits per heavy atom. The highest BCUT2D eigenvalue weighted by atomic mass is 16.4. The number of nitrogens with zero attached hydrogens (tertiary/aromatic N) is 1. The van der Waals surface area contributed by atoms with Crippen LogP contribution >= 0.6 is 0 Å². The maximum Gasteiger partial charge on any atom is 0.304 e. The summed E-state index contributed by atoms with van der Waals surface area (Å²) in [6.07, 6.45) is 0.133. The van der Waals surface area contributed by atoms with Crippen LogP contribution in [0, 0.1) is 5.92 Å². The second-order valence-corrected chi connectivity index (χ2v) is 3.61. The van der Waals surface area contributed by atoms with Gasteiger partial charge in [-0.3, -0.25) is 4.79 Å². The lowest BCUT2D eigenvalue weighted by molar-refractivity contribution is -0.138. The largest absolute Gasteiger partial charge is 0.481 e. The summed E-state index contributed by atoms with van der Waals surface area (Å²) >= 11 is 0. The second kappa shape index (κ2) is 5.94. The Kier molecular flexibility index (Phi) is 5.66. The predicted octanol–water partition coefficient (Wildman–Crippen LogP) is 0.410. The van der Waals surface area contributed by atoms with Crippen molar-refractivity contribution in [2.75, 3.05) is 20.2 Å². The van der Waals surface area contributed by atoms with E-state index in [4.69, 9.17) is 10.2 Å². The third-order valence-corrected chi connectivity index (χ3v) is 2.17. The van der Waals surface area contributed by atoms with Gasteiger partial charge < -0.3 is 15.1 Å². The maximum atomic E-state index is 10.5. The molecule has 1 unspecified atom stereocenters. The Balaban J connectivity index is 4.14. The second-order valence-electron chi connectivity index (χ2n) is 3.61. The molecule has 1 atom stereocenters. The SMILES string of the molecule is CC(C)C(CC(=O)O)N(C)CCO. The summed E-state index contributed by atoms with van der Waals surface area (Å²) in [6.45, 7) is 4.57. The van der Waals surface area contributed by atoms with Crippen molar-refractivity contribution in [1.82, 2.24) is 4.90 Å². The molecule has 0 saturated heterocycles. The van der Waals surface area contributed by atoms with Crippen LogP contribution in [0.5, 0.6) is 0 Å². The van der Waals surface area contributed by atoms with Gasteiger partial charge in [-0.25, -0.2) is 0 Å². The van der Waals surface area contributed by atoms with Crippen LogP contribution in [0.3, 0.4) is 0 Å². The number of likely N-dealkylation sites (N-methyl/N-ethyl adjacent to an activating group) is 1. The van der Waals surface area contributed by atoms with Gasteiger partial charge in [-0.05, 0) is 13.0 Å². The molecule has 0 aromatic heterocycles. The van der Waals surface area contributed by atoms with Crippen molar-refractivity contribution in [1.29, 1.82) is 0 Å². The van der Waals surface area contributed by atoms with Crippen molar-refractivity contribution in [3.63, 3.8) is 0 Å². The molecule has 0 bridgehead atoms. The van der Waals surface area contributed by atoms with E-state index in [0.717, 1.165) is 0 Å². The monoisotopic (exact) mass is 189 g/mol. The Bertz CT molecular complexity index is 159. The van der Waals surface area contributed by atoms with E-state index in [0.29, 0.717) is 6.54 Å². The third kappa shape index (κ3) is 4.85. The minimum absolute atomic E-state index is 0.00431. The van der Waals surface area contributed by atoms with Gasteiger partial charge in [-0.15, -0.1) is 0 Å². The molecule has 0 saturated carbocycles. The first-order chi connectivity index (χ1) is 5.99. The van der Waals surface area contributed by atoms with Crippen LogP contribution in [0.2, 0.25) is 0 Å². The molecule has 13 heavy (non-hydrogen) atoms. The maximum absolute atomic E-state index is 10.5. The van der Waals surface area contributed by atoms with E-state index < -0.39 is 5.97 Å². The van der Waals surface area contributed by atoms with E-state index in [1.54, 1.807) is 0 Å². The van der Waals surface area contributed by atoms with Crippen molar-refractivity contribution >= 4 is 5.97 Å². The van der Waals surface area contributed by atoms with Crippen LogP contribution < -0.4 is 0 Å². The summed E-state index contributed by atoms with van der Waals surface area (Å²) in [7, 11) is 1.84. The summed E-state index contributed by atoms with van der Waals surface area (Å²) in [6, 6.07) is 0.00431. The van der Waals surface area contributed by atoms with Gasteiger partial charge in [0.05, 0.1) is 13.0 Å². The zero-order chi connectivity index (χ0) is 10.4. The number of aliphatic hydroxyl groups excluding tert-OH is 1. The molecule has 0 radical (unpaired) electrons. The fourth-order valence-electron chi connectivity index (χ4n) is 1.40. The average molecular weight is 189 g/mol. The van der Waals surface area contributed by atoms with E-state index in [2.05, 4.69) is 0 Å². The van der Waals surface area contributed by atoms with Gasteiger partial charge in [0, 0.05) is 12.6 Å². The van der Waals surface area contributed by atoms with Crippen LogP contribution in [-0.4, -0.2) is 47.3 Å². The van der Waals surface area contributed by atoms with Crippen molar-refractivity contribution in [3.05, 3.63) is 0 Å². The molecule has 4 heteroatoms. The number of rotatable bonds is 6. The van der Waals surface area contributed by atoms with Gasteiger partial charge in [0.2, 0.25) is 0 Å². The molecule has 0 rings (SSSR count). The Hall–Kier alpha value is -0.610. The van der Waals surface area contributed by atoms with E-state index in [9.17, 15) is 4.79 Å². The summed E-state index contributed by atoms with van der Waals surface area (Å²) in [4.78, 5) is 12.4. The van der Waals surface area contributed by atoms with Crippen LogP contribution in [0.15, 0.2) is 0 Å². The van der Waals surface area contributed by atoms with Gasteiger partial charge in [0.15, 0.2) is 0 Å². The highest BCUT2D eigenvalue weighted by Gasteiger charge is 2.20. The summed E-state index contributed by atoms with van der Waals surface area (Å²) in [5.74, 6) is -0.504. The third-order valence-electron chi connectivity index (χ3n) is 2.17. The van der Waals surface area contributed by atoms with E-state index >= 15 is 0 Å². The van der Waals surface area contributed by atoms with Crippen molar-refractivity contribution < 1.29 is 15.0 Å². The van der Waals surface area contributed by atoms with Crippen molar-refractivity contribution in [2.24, 2.45) is 5.92 Å². The molecule has 0 aromatic rings. The molecule has 4 nitrogen and oxygen atoms in total. The van der Waals surface area contributed by atoms with Gasteiger partial charge in [-0.2, -0.15) is 0 Å². The minimum Gasteiger partial charge on any atom is -0.481 e. The Morgan fingerprint density at radius 3 is 2.31 bits per heavy atom. The Morgan fingerprint density at radius 1 is 1.46 bits per heavy atom. The molecular weight excluding hydrogens is 170 g/mol. The number of aliphatic hydroxyl groups is 1. The van der Waals surface area contributed by atoms with Crippen LogP contribution in [0.25, 0.3) is 0 Å². The number of carboxylic acids is 1. The van der Waals surface area contributed by atoms with Gasteiger partial charge in [0.25, 0.3) is 0 Å². The Labute approximate surface area is 79.2 Å². The molecule has 0 heterocycles. The van der Waals surface area contributed by atoms with Gasteiger partial charge in [0.1, 0.15) is 0 Å². The molecule has 0 aliphatic rings.